The maximum Gasteiger partial charge on any atom is 0.373 e. The van der Waals surface area contributed by atoms with Crippen LogP contribution in [0.1, 0.15) is 46.2 Å². The maximum absolute atomic E-state index is 13.7. The number of aromatic nitrogens is 4. The van der Waals surface area contributed by atoms with E-state index in [9.17, 15) is 9.13 Å². The summed E-state index contributed by atoms with van der Waals surface area (Å²) in [6.45, 7) is 9.75. The fourth-order valence-corrected chi connectivity index (χ4v) is 7.45. The molecule has 10 nitrogen and oxygen atoms in total. The number of benzene rings is 1. The van der Waals surface area contributed by atoms with Gasteiger partial charge in [-0.25, -0.2) is 15.0 Å². The Morgan fingerprint density at radius 1 is 1.12 bits per heavy atom. The van der Waals surface area contributed by atoms with Gasteiger partial charge in [0.15, 0.2) is 20.8 Å². The first-order valence-electron chi connectivity index (χ1n) is 11.0. The van der Waals surface area contributed by atoms with E-state index in [1.807, 2.05) is 4.57 Å². The van der Waals surface area contributed by atoms with Crippen LogP contribution in [0.15, 0.2) is 30.6 Å². The topological polar surface area (TPSA) is 117 Å². The third kappa shape index (κ3) is 5.24. The van der Waals surface area contributed by atoms with Gasteiger partial charge >= 0.3 is 7.60 Å². The minimum absolute atomic E-state index is 0.135. The third-order valence-electron chi connectivity index (χ3n) is 5.04. The molecule has 1 N–H and O–H groups in total. The first-order chi connectivity index (χ1) is 16.2. The molecule has 34 heavy (non-hydrogen) atoms. The van der Waals surface area contributed by atoms with Crippen LogP contribution in [0.25, 0.3) is 11.2 Å². The van der Waals surface area contributed by atoms with Gasteiger partial charge in [-0.05, 0) is 46.8 Å². The number of ether oxygens (including phenoxy) is 1. The summed E-state index contributed by atoms with van der Waals surface area (Å²) in [6, 6.07) is 7.18. The van der Waals surface area contributed by atoms with Crippen molar-refractivity contribution in [1.29, 1.82) is 0 Å². The maximum atomic E-state index is 13.7. The van der Waals surface area contributed by atoms with Crippen molar-refractivity contribution < 1.29 is 22.9 Å². The molecule has 2 atom stereocenters. The summed E-state index contributed by atoms with van der Waals surface area (Å²) < 4.78 is 45.7. The van der Waals surface area contributed by atoms with Crippen LogP contribution < -0.4 is 5.32 Å². The van der Waals surface area contributed by atoms with E-state index < -0.39 is 21.1 Å². The van der Waals surface area contributed by atoms with Crippen LogP contribution in [-0.4, -0.2) is 39.3 Å². The minimum atomic E-state index is -3.88. The smallest absolute Gasteiger partial charge is 0.352 e. The molecule has 0 saturated carbocycles. The average molecular weight is 621 g/mol. The lowest BCUT2D eigenvalue weighted by molar-refractivity contribution is 0.0505. The Bertz CT molecular complexity index is 1180. The summed E-state index contributed by atoms with van der Waals surface area (Å²) in [5.74, 6) is 0.571. The van der Waals surface area contributed by atoms with E-state index in [0.29, 0.717) is 26.4 Å². The fourth-order valence-electron chi connectivity index (χ4n) is 3.56. The summed E-state index contributed by atoms with van der Waals surface area (Å²) in [5.41, 5.74) is 2.57. The van der Waals surface area contributed by atoms with Crippen LogP contribution in [0.2, 0.25) is 0 Å². The minimum Gasteiger partial charge on any atom is -0.352 e. The molecule has 13 heteroatoms. The van der Waals surface area contributed by atoms with Gasteiger partial charge in [0.1, 0.15) is 8.46 Å². The van der Waals surface area contributed by atoms with Gasteiger partial charge in [0.25, 0.3) is 0 Å². The molecular formula is C21H30IN5O5P2. The molecule has 0 radical (unpaired) electrons. The number of rotatable bonds is 12. The number of anilines is 2. The molecule has 1 aromatic carbocycles. The molecule has 0 aliphatic rings. The van der Waals surface area contributed by atoms with Crippen LogP contribution in [0.3, 0.4) is 0 Å². The van der Waals surface area contributed by atoms with Gasteiger partial charge in [-0.1, -0.05) is 12.1 Å². The van der Waals surface area contributed by atoms with Gasteiger partial charge in [-0.15, -0.1) is 0 Å². The molecule has 0 amide bonds. The molecule has 0 spiro atoms. The third-order valence-corrected chi connectivity index (χ3v) is 10.0. The highest BCUT2D eigenvalue weighted by Gasteiger charge is 2.53. The summed E-state index contributed by atoms with van der Waals surface area (Å²) in [4.78, 5) is 13.5. The van der Waals surface area contributed by atoms with Crippen molar-refractivity contribution in [2.24, 2.45) is 0 Å². The molecule has 3 rings (SSSR count). The summed E-state index contributed by atoms with van der Waals surface area (Å²) >= 11 is 2.08. The Hall–Kier alpha value is -1.36. The number of nitrogens with zero attached hydrogens (tertiary/aromatic N) is 4. The Labute approximate surface area is 214 Å². The van der Waals surface area contributed by atoms with E-state index in [1.54, 1.807) is 51.4 Å². The molecule has 0 aliphatic carbocycles. The summed E-state index contributed by atoms with van der Waals surface area (Å²) in [5, 5.41) is 1.62. The molecular weight excluding hydrogens is 591 g/mol. The average Bonchev–Trinajstić information content (AvgIpc) is 3.22. The molecule has 0 aliphatic heterocycles. The number of hydrogen-bond donors (Lipinski definition) is 1. The summed E-state index contributed by atoms with van der Waals surface area (Å²) in [6.07, 6.45) is 1.75. The highest BCUT2D eigenvalue weighted by molar-refractivity contribution is 14.1. The molecule has 2 unspecified atom stereocenters. The second-order valence-electron chi connectivity index (χ2n) is 7.54. The summed E-state index contributed by atoms with van der Waals surface area (Å²) in [7, 11) is -5.57. The van der Waals surface area contributed by atoms with Crippen LogP contribution in [-0.2, 0) is 28.0 Å². The lowest BCUT2D eigenvalue weighted by Crippen LogP contribution is -2.26. The van der Waals surface area contributed by atoms with Gasteiger partial charge in [0.05, 0.1) is 19.5 Å². The standard InChI is InChI=1S/C21H30IN5O5P2/c1-6-30-21(33-28,34(29,31-7-2)32-8-3)15-9-11-16(12-10-15)24-18-17-19(26-20(22)25-18)27(13-23-17)14(4)5/h9-14H,6-8,33H2,1-5H3,(H,24,25,26). The van der Waals surface area contributed by atoms with Crippen LogP contribution >= 0.6 is 38.6 Å². The van der Waals surface area contributed by atoms with Gasteiger partial charge in [0, 0.05) is 46.5 Å². The fraction of sp³-hybridized carbons (Fsp3) is 0.476. The normalized spacial score (nSPS) is 14.3. The molecule has 0 bridgehead atoms. The zero-order valence-corrected chi connectivity index (χ0v) is 24.0. The SMILES string of the molecule is CCOC([PH2]=O)(c1ccc(Nc2nc(I)nc3c2ncn3C(C)C)cc1)P(=O)(OCC)OCC. The van der Waals surface area contributed by atoms with Crippen molar-refractivity contribution in [1.82, 2.24) is 19.5 Å². The van der Waals surface area contributed by atoms with Crippen LogP contribution in [0.5, 0.6) is 0 Å². The van der Waals surface area contributed by atoms with Gasteiger partial charge in [-0.3, -0.25) is 4.57 Å². The van der Waals surface area contributed by atoms with Gasteiger partial charge in [0.2, 0.25) is 5.08 Å². The predicted molar refractivity (Wildman–Crippen MR) is 143 cm³/mol. The van der Waals surface area contributed by atoms with Crippen LogP contribution in [0, 0.1) is 3.83 Å². The Balaban J connectivity index is 2.01. The highest BCUT2D eigenvalue weighted by Crippen LogP contribution is 2.70. The number of hydrogen-bond acceptors (Lipinski definition) is 9. The molecule has 186 valence electrons. The van der Waals surface area contributed by atoms with Crippen molar-refractivity contribution in [2.75, 3.05) is 25.1 Å². The molecule has 3 aromatic rings. The van der Waals surface area contributed by atoms with E-state index in [4.69, 9.17) is 13.8 Å². The van der Waals surface area contributed by atoms with E-state index in [1.165, 1.54) is 0 Å². The highest BCUT2D eigenvalue weighted by atomic mass is 127. The van der Waals surface area contributed by atoms with Crippen LogP contribution in [0.4, 0.5) is 11.5 Å². The first-order valence-corrected chi connectivity index (χ1v) is 14.7. The lowest BCUT2D eigenvalue weighted by atomic mass is 10.2. The Morgan fingerprint density at radius 3 is 2.29 bits per heavy atom. The monoisotopic (exact) mass is 621 g/mol. The van der Waals surface area contributed by atoms with Gasteiger partial charge in [-0.2, -0.15) is 0 Å². The van der Waals surface area contributed by atoms with Crippen molar-refractivity contribution >= 4 is 61.3 Å². The second kappa shape index (κ2) is 11.6. The van der Waals surface area contributed by atoms with Crippen molar-refractivity contribution in [3.8, 4) is 0 Å². The Morgan fingerprint density at radius 2 is 1.76 bits per heavy atom. The van der Waals surface area contributed by atoms with E-state index in [0.717, 1.165) is 5.65 Å². The zero-order valence-electron chi connectivity index (χ0n) is 19.8. The molecule has 2 aromatic heterocycles. The Kier molecular flexibility index (Phi) is 9.28. The quantitative estimate of drug-likeness (QED) is 0.149. The van der Waals surface area contributed by atoms with Gasteiger partial charge < -0.3 is 28.2 Å². The van der Waals surface area contributed by atoms with E-state index in [2.05, 4.69) is 56.7 Å². The van der Waals surface area contributed by atoms with E-state index >= 15 is 0 Å². The molecule has 2 heterocycles. The van der Waals surface area contributed by atoms with E-state index in [-0.39, 0.29) is 25.9 Å². The van der Waals surface area contributed by atoms with Crippen molar-refractivity contribution in [3.63, 3.8) is 0 Å². The number of halogens is 1. The largest absolute Gasteiger partial charge is 0.373 e. The second-order valence-corrected chi connectivity index (χ2v) is 12.2. The predicted octanol–water partition coefficient (Wildman–Crippen LogP) is 5.92. The molecule has 0 fully saturated rings. The lowest BCUT2D eigenvalue weighted by Gasteiger charge is -2.35. The van der Waals surface area contributed by atoms with Crippen molar-refractivity contribution in [2.45, 2.75) is 45.7 Å². The first kappa shape index (κ1) is 27.2. The number of nitrogens with one attached hydrogen (secondary N) is 1. The number of imidazole rings is 1. The number of fused-ring (bicyclic) bond motifs is 1. The van der Waals surface area contributed by atoms with Crippen molar-refractivity contribution in [3.05, 3.63) is 40.0 Å². The zero-order chi connectivity index (χ0) is 24.9. The molecule has 0 saturated heterocycles.